The number of halogens is 1. The average Bonchev–Trinajstić information content (AvgIpc) is 1.99. The van der Waals surface area contributed by atoms with Gasteiger partial charge >= 0.3 is 0 Å². The molecule has 0 amide bonds. The number of hydrogen-bond donors (Lipinski definition) is 1. The molecule has 0 aliphatic rings. The van der Waals surface area contributed by atoms with E-state index in [2.05, 4.69) is 29.4 Å². The van der Waals surface area contributed by atoms with Crippen molar-refractivity contribution in [2.45, 2.75) is 18.2 Å². The van der Waals surface area contributed by atoms with Gasteiger partial charge in [0.25, 0.3) is 0 Å². The van der Waals surface area contributed by atoms with E-state index in [1.165, 1.54) is 0 Å². The number of aliphatic hydroxyl groups is 1. The highest BCUT2D eigenvalue weighted by Crippen LogP contribution is 2.06. The maximum absolute atomic E-state index is 8.55. The minimum Gasteiger partial charge on any atom is -0.392 e. The molecular formula is C8H13BrO. The molecule has 0 aliphatic carbocycles. The van der Waals surface area contributed by atoms with Gasteiger partial charge < -0.3 is 5.11 Å². The zero-order valence-corrected chi connectivity index (χ0v) is 7.76. The van der Waals surface area contributed by atoms with E-state index in [1.54, 1.807) is 0 Å². The Morgan fingerprint density at radius 3 is 2.80 bits per heavy atom. The van der Waals surface area contributed by atoms with Crippen molar-refractivity contribution < 1.29 is 5.11 Å². The summed E-state index contributed by atoms with van der Waals surface area (Å²) in [6, 6.07) is 0. The van der Waals surface area contributed by atoms with Gasteiger partial charge in [0.05, 0.1) is 6.61 Å². The van der Waals surface area contributed by atoms with Crippen LogP contribution in [0.2, 0.25) is 0 Å². The molecule has 1 N–H and O–H groups in total. The fourth-order valence-electron chi connectivity index (χ4n) is 0.429. The molecule has 1 unspecified atom stereocenters. The zero-order valence-electron chi connectivity index (χ0n) is 6.18. The van der Waals surface area contributed by atoms with Gasteiger partial charge in [-0.3, -0.25) is 0 Å². The minimum absolute atomic E-state index is 0.0416. The van der Waals surface area contributed by atoms with Gasteiger partial charge in [-0.2, -0.15) is 0 Å². The van der Waals surface area contributed by atoms with E-state index < -0.39 is 0 Å². The molecule has 0 aromatic heterocycles. The van der Waals surface area contributed by atoms with Crippen molar-refractivity contribution in [1.82, 2.24) is 0 Å². The number of allylic oxidation sites excluding steroid dienone is 1. The monoisotopic (exact) mass is 204 g/mol. The molecule has 58 valence electrons. The first-order valence-corrected chi connectivity index (χ1v) is 4.23. The maximum atomic E-state index is 8.55. The first kappa shape index (κ1) is 9.92. The Hall–Kier alpha value is -0.0800. The molecule has 2 heteroatoms. The van der Waals surface area contributed by atoms with Crippen LogP contribution in [0.4, 0.5) is 0 Å². The second-order valence-electron chi connectivity index (χ2n) is 2.10. The van der Waals surface area contributed by atoms with Gasteiger partial charge in [0.2, 0.25) is 0 Å². The van der Waals surface area contributed by atoms with E-state index in [9.17, 15) is 0 Å². The Balaban J connectivity index is 3.63. The molecule has 0 spiro atoms. The summed E-state index contributed by atoms with van der Waals surface area (Å²) in [5, 5.41) is 8.55. The highest BCUT2D eigenvalue weighted by atomic mass is 79.9. The normalized spacial score (nSPS) is 13.9. The Bertz CT molecular complexity index is 129. The molecule has 0 saturated carbocycles. The summed E-state index contributed by atoms with van der Waals surface area (Å²) in [4.78, 5) is 0.399. The van der Waals surface area contributed by atoms with Crippen LogP contribution < -0.4 is 0 Å². The van der Waals surface area contributed by atoms with E-state index in [4.69, 9.17) is 5.11 Å². The van der Waals surface area contributed by atoms with Gasteiger partial charge in [0, 0.05) is 4.83 Å². The van der Waals surface area contributed by atoms with Gasteiger partial charge in [-0.25, -0.2) is 0 Å². The predicted molar refractivity (Wildman–Crippen MR) is 48.4 cm³/mol. The number of aliphatic hydroxyl groups excluding tert-OH is 1. The molecule has 0 heterocycles. The van der Waals surface area contributed by atoms with E-state index in [0.717, 1.165) is 12.0 Å². The molecule has 0 aromatic carbocycles. The molecular weight excluding hydrogens is 192 g/mol. The quantitative estimate of drug-likeness (QED) is 0.551. The van der Waals surface area contributed by atoms with Crippen molar-refractivity contribution in [2.24, 2.45) is 0 Å². The third kappa shape index (κ3) is 4.77. The summed E-state index contributed by atoms with van der Waals surface area (Å²) in [6.07, 6.45) is 4.87. The van der Waals surface area contributed by atoms with Crippen molar-refractivity contribution in [2.75, 3.05) is 6.61 Å². The molecule has 0 saturated heterocycles. The standard InChI is InChI=1S/C8H13BrO/c1-3-8(9)5-4-7(2)6-10/h4-5,8,10H,2-3,6H2,1H3/b5-4-. The summed E-state index contributed by atoms with van der Waals surface area (Å²) < 4.78 is 0. The van der Waals surface area contributed by atoms with Crippen molar-refractivity contribution in [3.05, 3.63) is 24.3 Å². The number of hydrogen-bond acceptors (Lipinski definition) is 1. The Morgan fingerprint density at radius 1 is 1.80 bits per heavy atom. The Kier molecular flexibility index (Phi) is 5.64. The maximum Gasteiger partial charge on any atom is 0.0676 e. The zero-order chi connectivity index (χ0) is 7.98. The third-order valence-electron chi connectivity index (χ3n) is 1.13. The summed E-state index contributed by atoms with van der Waals surface area (Å²) in [7, 11) is 0. The van der Waals surface area contributed by atoms with Gasteiger partial charge in [0.1, 0.15) is 0 Å². The molecule has 10 heavy (non-hydrogen) atoms. The van der Waals surface area contributed by atoms with Gasteiger partial charge in [-0.05, 0) is 12.0 Å². The van der Waals surface area contributed by atoms with Crippen molar-refractivity contribution in [3.63, 3.8) is 0 Å². The molecule has 0 radical (unpaired) electrons. The summed E-state index contributed by atoms with van der Waals surface area (Å²) >= 11 is 3.42. The Labute approximate surface area is 70.6 Å². The van der Waals surface area contributed by atoms with Crippen molar-refractivity contribution in [1.29, 1.82) is 0 Å². The van der Waals surface area contributed by atoms with Crippen LogP contribution in [-0.2, 0) is 0 Å². The predicted octanol–water partition coefficient (Wildman–Crippen LogP) is 2.26. The number of alkyl halides is 1. The molecule has 0 aliphatic heterocycles. The topological polar surface area (TPSA) is 20.2 Å². The molecule has 1 nitrogen and oxygen atoms in total. The van der Waals surface area contributed by atoms with Crippen LogP contribution in [0, 0.1) is 0 Å². The van der Waals surface area contributed by atoms with Gasteiger partial charge in [0.15, 0.2) is 0 Å². The average molecular weight is 205 g/mol. The van der Waals surface area contributed by atoms with Gasteiger partial charge in [-0.15, -0.1) is 0 Å². The second kappa shape index (κ2) is 5.69. The summed E-state index contributed by atoms with van der Waals surface area (Å²) in [6.45, 7) is 5.75. The van der Waals surface area contributed by atoms with Crippen molar-refractivity contribution in [3.8, 4) is 0 Å². The van der Waals surface area contributed by atoms with Crippen LogP contribution in [0.5, 0.6) is 0 Å². The van der Waals surface area contributed by atoms with E-state index in [1.807, 2.05) is 12.2 Å². The molecule has 0 rings (SSSR count). The first-order chi connectivity index (χ1) is 4.70. The first-order valence-electron chi connectivity index (χ1n) is 3.31. The fraction of sp³-hybridized carbons (Fsp3) is 0.500. The van der Waals surface area contributed by atoms with Crippen LogP contribution >= 0.6 is 15.9 Å². The third-order valence-corrected chi connectivity index (χ3v) is 2.09. The highest BCUT2D eigenvalue weighted by Gasteiger charge is 1.92. The lowest BCUT2D eigenvalue weighted by Gasteiger charge is -1.97. The van der Waals surface area contributed by atoms with Gasteiger partial charge in [-0.1, -0.05) is 41.6 Å². The van der Waals surface area contributed by atoms with Crippen LogP contribution in [0.1, 0.15) is 13.3 Å². The molecule has 1 atom stereocenters. The lowest BCUT2D eigenvalue weighted by molar-refractivity contribution is 0.335. The van der Waals surface area contributed by atoms with Crippen molar-refractivity contribution >= 4 is 15.9 Å². The van der Waals surface area contributed by atoms with Crippen LogP contribution in [0.3, 0.4) is 0 Å². The van der Waals surface area contributed by atoms with E-state index in [-0.39, 0.29) is 6.61 Å². The van der Waals surface area contributed by atoms with E-state index in [0.29, 0.717) is 4.83 Å². The molecule has 0 aromatic rings. The highest BCUT2D eigenvalue weighted by molar-refractivity contribution is 9.09. The SMILES string of the molecule is C=C(/C=C\C(Br)CC)CO. The summed E-state index contributed by atoms with van der Waals surface area (Å²) in [5.74, 6) is 0. The smallest absolute Gasteiger partial charge is 0.0676 e. The summed E-state index contributed by atoms with van der Waals surface area (Å²) in [5.41, 5.74) is 0.748. The lowest BCUT2D eigenvalue weighted by atomic mass is 10.2. The Morgan fingerprint density at radius 2 is 2.40 bits per heavy atom. The molecule has 0 bridgehead atoms. The fourth-order valence-corrected chi connectivity index (χ4v) is 0.582. The largest absolute Gasteiger partial charge is 0.392 e. The lowest BCUT2D eigenvalue weighted by Crippen LogP contribution is -1.89. The minimum atomic E-state index is 0.0416. The second-order valence-corrected chi connectivity index (χ2v) is 3.28. The van der Waals surface area contributed by atoms with E-state index >= 15 is 0 Å². The van der Waals surface area contributed by atoms with Crippen LogP contribution in [0.25, 0.3) is 0 Å². The van der Waals surface area contributed by atoms with Crippen LogP contribution in [0.15, 0.2) is 24.3 Å². The van der Waals surface area contributed by atoms with Crippen LogP contribution in [-0.4, -0.2) is 16.5 Å². The number of rotatable bonds is 4. The molecule has 0 fully saturated rings.